The smallest absolute Gasteiger partial charge is 0.431 e. The van der Waals surface area contributed by atoms with Crippen LogP contribution >= 0.6 is 0 Å². The van der Waals surface area contributed by atoms with Crippen LogP contribution in [-0.4, -0.2) is 22.8 Å². The van der Waals surface area contributed by atoms with Gasteiger partial charge in [0.2, 0.25) is 0 Å². The quantitative estimate of drug-likeness (QED) is 0.794. The van der Waals surface area contributed by atoms with Gasteiger partial charge in [-0.25, -0.2) is 9.59 Å². The second-order valence-corrected chi connectivity index (χ2v) is 4.42. The number of nitrogens with one attached hydrogen (secondary N) is 1. The van der Waals surface area contributed by atoms with Crippen molar-refractivity contribution in [2.75, 3.05) is 0 Å². The summed E-state index contributed by atoms with van der Waals surface area (Å²) in [6.07, 6.45) is 0.756. The Morgan fingerprint density at radius 3 is 2.47 bits per heavy atom. The first-order valence-corrected chi connectivity index (χ1v) is 6.00. The molecular weight excluding hydrogens is 250 g/mol. The summed E-state index contributed by atoms with van der Waals surface area (Å²) in [6.45, 7) is 0.107. The summed E-state index contributed by atoms with van der Waals surface area (Å²) in [5.74, 6) is -1.07. The van der Waals surface area contributed by atoms with Gasteiger partial charge in [0.05, 0.1) is 0 Å². The highest BCUT2D eigenvalue weighted by atomic mass is 16.7. The van der Waals surface area contributed by atoms with Gasteiger partial charge < -0.3 is 9.84 Å². The molecule has 2 N–H and O–H groups in total. The highest BCUT2D eigenvalue weighted by Gasteiger charge is 2.47. The van der Waals surface area contributed by atoms with Gasteiger partial charge in [0.1, 0.15) is 6.61 Å². The normalized spacial score (nSPS) is 16.2. The molecule has 6 nitrogen and oxygen atoms in total. The Balaban J connectivity index is 1.74. The Morgan fingerprint density at radius 1 is 1.26 bits per heavy atom. The molecule has 1 saturated carbocycles. The maximum absolute atomic E-state index is 11.4. The van der Waals surface area contributed by atoms with Gasteiger partial charge in [-0.3, -0.25) is 4.84 Å². The number of aliphatic carboxylic acids is 1. The number of benzene rings is 1. The summed E-state index contributed by atoms with van der Waals surface area (Å²) in [7, 11) is 0. The molecule has 0 atom stereocenters. The number of hydroxylamine groups is 1. The second-order valence-electron chi connectivity index (χ2n) is 4.42. The number of ether oxygens (including phenoxy) is 1. The maximum atomic E-state index is 11.4. The van der Waals surface area contributed by atoms with Gasteiger partial charge in [0.25, 0.3) is 0 Å². The molecule has 0 aliphatic heterocycles. The third-order valence-corrected chi connectivity index (χ3v) is 3.09. The van der Waals surface area contributed by atoms with Crippen LogP contribution in [0.1, 0.15) is 24.8 Å². The zero-order chi connectivity index (χ0) is 13.7. The lowest BCUT2D eigenvalue weighted by atomic mass is 9.80. The lowest BCUT2D eigenvalue weighted by Crippen LogP contribution is -2.51. The van der Waals surface area contributed by atoms with Crippen molar-refractivity contribution in [3.8, 4) is 0 Å². The predicted molar refractivity (Wildman–Crippen MR) is 65.1 cm³/mol. The van der Waals surface area contributed by atoms with E-state index < -0.39 is 17.7 Å². The fourth-order valence-corrected chi connectivity index (χ4v) is 1.75. The summed E-state index contributed by atoms with van der Waals surface area (Å²) >= 11 is 0. The van der Waals surface area contributed by atoms with Gasteiger partial charge in [-0.2, -0.15) is 5.48 Å². The minimum atomic E-state index is -1.29. The molecule has 0 saturated heterocycles. The molecule has 0 unspecified atom stereocenters. The molecular formula is C13H15NO5. The van der Waals surface area contributed by atoms with Crippen LogP contribution in [0.15, 0.2) is 30.3 Å². The lowest BCUT2D eigenvalue weighted by molar-refractivity contribution is -0.190. The second kappa shape index (κ2) is 5.71. The molecule has 1 aromatic carbocycles. The number of amides is 1. The summed E-state index contributed by atoms with van der Waals surface area (Å²) in [5.41, 5.74) is 1.59. The third kappa shape index (κ3) is 3.23. The van der Waals surface area contributed by atoms with Crippen molar-refractivity contribution in [3.63, 3.8) is 0 Å². The first kappa shape index (κ1) is 13.4. The Labute approximate surface area is 110 Å². The van der Waals surface area contributed by atoms with Crippen molar-refractivity contribution in [2.24, 2.45) is 0 Å². The molecule has 6 heteroatoms. The van der Waals surface area contributed by atoms with Crippen LogP contribution in [0.5, 0.6) is 0 Å². The van der Waals surface area contributed by atoms with Crippen molar-refractivity contribution in [2.45, 2.75) is 31.5 Å². The predicted octanol–water partition coefficient (Wildman–Crippen LogP) is 1.85. The molecule has 0 bridgehead atoms. The molecule has 1 aromatic rings. The van der Waals surface area contributed by atoms with Gasteiger partial charge in [0, 0.05) is 0 Å². The molecule has 2 rings (SSSR count). The molecule has 1 amide bonds. The zero-order valence-electron chi connectivity index (χ0n) is 10.3. The first-order valence-electron chi connectivity index (χ1n) is 6.00. The van der Waals surface area contributed by atoms with E-state index in [1.165, 1.54) is 0 Å². The summed E-state index contributed by atoms with van der Waals surface area (Å²) in [4.78, 5) is 27.3. The van der Waals surface area contributed by atoms with Crippen molar-refractivity contribution < 1.29 is 24.3 Å². The molecule has 1 aliphatic carbocycles. The summed E-state index contributed by atoms with van der Waals surface area (Å²) < 4.78 is 4.90. The number of hydrogen-bond acceptors (Lipinski definition) is 4. The molecule has 0 aromatic heterocycles. The van der Waals surface area contributed by atoms with E-state index in [0.717, 1.165) is 12.0 Å². The SMILES string of the molecule is O=C(NOC1(C(=O)O)CCC1)OCc1ccccc1. The molecule has 1 fully saturated rings. The Hall–Kier alpha value is -2.08. The Bertz CT molecular complexity index is 455. The topological polar surface area (TPSA) is 84.9 Å². The van der Waals surface area contributed by atoms with Crippen LogP contribution in [0, 0.1) is 0 Å². The fourth-order valence-electron chi connectivity index (χ4n) is 1.75. The van der Waals surface area contributed by atoms with Crippen LogP contribution in [0.3, 0.4) is 0 Å². The van der Waals surface area contributed by atoms with Crippen molar-refractivity contribution in [1.82, 2.24) is 5.48 Å². The van der Waals surface area contributed by atoms with Crippen molar-refractivity contribution in [3.05, 3.63) is 35.9 Å². The number of rotatable bonds is 5. The van der Waals surface area contributed by atoms with E-state index >= 15 is 0 Å². The average molecular weight is 265 g/mol. The molecule has 0 spiro atoms. The minimum absolute atomic E-state index is 0.107. The van der Waals surface area contributed by atoms with Gasteiger partial charge >= 0.3 is 12.1 Å². The van der Waals surface area contributed by atoms with E-state index in [9.17, 15) is 9.59 Å². The molecule has 0 heterocycles. The number of hydrogen-bond donors (Lipinski definition) is 2. The highest BCUT2D eigenvalue weighted by molar-refractivity contribution is 5.79. The number of carboxylic acids is 1. The average Bonchev–Trinajstić information content (AvgIpc) is 2.36. The third-order valence-electron chi connectivity index (χ3n) is 3.09. The summed E-state index contributed by atoms with van der Waals surface area (Å²) in [6, 6.07) is 9.17. The zero-order valence-corrected chi connectivity index (χ0v) is 10.3. The van der Waals surface area contributed by atoms with E-state index in [4.69, 9.17) is 14.7 Å². The Kier molecular flexibility index (Phi) is 4.01. The Morgan fingerprint density at radius 2 is 1.95 bits per heavy atom. The summed E-state index contributed by atoms with van der Waals surface area (Å²) in [5, 5.41) is 8.99. The van der Waals surface area contributed by atoms with Gasteiger partial charge in [0.15, 0.2) is 5.60 Å². The maximum Gasteiger partial charge on any atom is 0.431 e. The van der Waals surface area contributed by atoms with E-state index in [0.29, 0.717) is 12.8 Å². The van der Waals surface area contributed by atoms with E-state index in [-0.39, 0.29) is 6.61 Å². The standard InChI is InChI=1S/C13H15NO5/c15-11(16)13(7-4-8-13)19-14-12(17)18-9-10-5-2-1-3-6-10/h1-3,5-6H,4,7-9H2,(H,14,17)(H,15,16). The largest absolute Gasteiger partial charge is 0.479 e. The van der Waals surface area contributed by atoms with Gasteiger partial charge in [-0.15, -0.1) is 0 Å². The fraction of sp³-hybridized carbons (Fsp3) is 0.385. The van der Waals surface area contributed by atoms with Crippen LogP contribution < -0.4 is 5.48 Å². The van der Waals surface area contributed by atoms with Gasteiger partial charge in [-0.05, 0) is 24.8 Å². The minimum Gasteiger partial charge on any atom is -0.479 e. The van der Waals surface area contributed by atoms with Crippen LogP contribution in [0.25, 0.3) is 0 Å². The van der Waals surface area contributed by atoms with Crippen LogP contribution in [0.2, 0.25) is 0 Å². The van der Waals surface area contributed by atoms with Crippen LogP contribution in [-0.2, 0) is 21.0 Å². The number of carbonyl (C=O) groups is 2. The van der Waals surface area contributed by atoms with Crippen LogP contribution in [0.4, 0.5) is 4.79 Å². The van der Waals surface area contributed by atoms with E-state index in [1.54, 1.807) is 0 Å². The van der Waals surface area contributed by atoms with E-state index in [2.05, 4.69) is 0 Å². The first-order chi connectivity index (χ1) is 9.12. The monoisotopic (exact) mass is 265 g/mol. The lowest BCUT2D eigenvalue weighted by Gasteiger charge is -2.35. The molecule has 19 heavy (non-hydrogen) atoms. The van der Waals surface area contributed by atoms with E-state index in [1.807, 2.05) is 35.8 Å². The highest BCUT2D eigenvalue weighted by Crippen LogP contribution is 2.34. The van der Waals surface area contributed by atoms with Crippen molar-refractivity contribution in [1.29, 1.82) is 0 Å². The number of carbonyl (C=O) groups excluding carboxylic acids is 1. The molecule has 1 aliphatic rings. The molecule has 102 valence electrons. The molecule has 0 radical (unpaired) electrons. The van der Waals surface area contributed by atoms with Gasteiger partial charge in [-0.1, -0.05) is 30.3 Å². The van der Waals surface area contributed by atoms with Crippen molar-refractivity contribution >= 4 is 12.1 Å². The number of carboxylic acid groups (broad SMARTS) is 1.